The van der Waals surface area contributed by atoms with Crippen LogP contribution in [0.5, 0.6) is 0 Å². The van der Waals surface area contributed by atoms with Crippen LogP contribution in [0, 0.1) is 11.8 Å². The largest absolute Gasteiger partial charge is 0.457 e. The van der Waals surface area contributed by atoms with Gasteiger partial charge in [0.1, 0.15) is 19.0 Å². The third-order valence-corrected chi connectivity index (χ3v) is 7.15. The molecular weight excluding hydrogens is 451 g/mol. The molecule has 30 heavy (non-hydrogen) atoms. The van der Waals surface area contributed by atoms with Crippen LogP contribution in [-0.4, -0.2) is 53.2 Å². The number of hydrogen-bond donors (Lipinski definition) is 2. The Bertz CT molecular complexity index is 829. The van der Waals surface area contributed by atoms with E-state index in [4.69, 9.17) is 42.2 Å². The lowest BCUT2D eigenvalue weighted by Gasteiger charge is -2.23. The normalized spacial score (nSPS) is 23.6. The SMILES string of the molecule is O=C(OCCO)c1ccc(COC[C@H]2C(Cl)CC(O)[C@@H]2CSc2ccccc2Cl)o1. The van der Waals surface area contributed by atoms with Crippen LogP contribution in [0.2, 0.25) is 5.02 Å². The minimum atomic E-state index is -0.633. The average Bonchev–Trinajstić information content (AvgIpc) is 3.30. The Hall–Kier alpha value is -1.22. The van der Waals surface area contributed by atoms with E-state index in [0.29, 0.717) is 29.6 Å². The molecule has 1 aliphatic carbocycles. The highest BCUT2D eigenvalue weighted by molar-refractivity contribution is 7.99. The molecule has 0 bridgehead atoms. The first-order valence-corrected chi connectivity index (χ1v) is 11.4. The molecule has 6 nitrogen and oxygen atoms in total. The van der Waals surface area contributed by atoms with Gasteiger partial charge in [0.2, 0.25) is 5.76 Å². The molecule has 1 aliphatic rings. The molecule has 1 aromatic heterocycles. The second kappa shape index (κ2) is 11.4. The number of alkyl halides is 1. The predicted molar refractivity (Wildman–Crippen MR) is 115 cm³/mol. The Morgan fingerprint density at radius 2 is 2.03 bits per heavy atom. The number of aliphatic hydroxyl groups is 2. The third-order valence-electron chi connectivity index (χ3n) is 4.99. The van der Waals surface area contributed by atoms with Gasteiger partial charge in [-0.05, 0) is 30.7 Å². The molecule has 0 aliphatic heterocycles. The van der Waals surface area contributed by atoms with Crippen molar-refractivity contribution in [2.45, 2.75) is 29.4 Å². The third kappa shape index (κ3) is 6.15. The molecule has 1 heterocycles. The summed E-state index contributed by atoms with van der Waals surface area (Å²) in [6.45, 7) is 0.211. The monoisotopic (exact) mass is 474 g/mol. The van der Waals surface area contributed by atoms with E-state index < -0.39 is 12.1 Å². The lowest BCUT2D eigenvalue weighted by Crippen LogP contribution is -2.27. The van der Waals surface area contributed by atoms with Crippen molar-refractivity contribution >= 4 is 40.9 Å². The molecule has 0 amide bonds. The highest BCUT2D eigenvalue weighted by Crippen LogP contribution is 2.40. The number of aliphatic hydroxyl groups excluding tert-OH is 2. The summed E-state index contributed by atoms with van der Waals surface area (Å²) in [6, 6.07) is 10.8. The van der Waals surface area contributed by atoms with Crippen LogP contribution in [0.3, 0.4) is 0 Å². The minimum absolute atomic E-state index is 0.0133. The summed E-state index contributed by atoms with van der Waals surface area (Å²) in [5.41, 5.74) is 0. The molecule has 164 valence electrons. The van der Waals surface area contributed by atoms with E-state index in [2.05, 4.69) is 0 Å². The second-order valence-corrected chi connectivity index (χ2v) is 9.06. The average molecular weight is 475 g/mol. The molecule has 1 saturated carbocycles. The minimum Gasteiger partial charge on any atom is -0.457 e. The van der Waals surface area contributed by atoms with Crippen LogP contribution in [-0.2, 0) is 16.1 Å². The molecule has 1 fully saturated rings. The zero-order valence-electron chi connectivity index (χ0n) is 16.2. The van der Waals surface area contributed by atoms with Crippen molar-refractivity contribution in [1.29, 1.82) is 0 Å². The first-order valence-electron chi connectivity index (χ1n) is 9.63. The Morgan fingerprint density at radius 1 is 1.23 bits per heavy atom. The van der Waals surface area contributed by atoms with E-state index in [9.17, 15) is 9.90 Å². The van der Waals surface area contributed by atoms with Crippen LogP contribution in [0.1, 0.15) is 22.7 Å². The molecular formula is C21H24Cl2O6S. The summed E-state index contributed by atoms with van der Waals surface area (Å²) in [5.74, 6) is 0.561. The first-order chi connectivity index (χ1) is 14.5. The summed E-state index contributed by atoms with van der Waals surface area (Å²) in [7, 11) is 0. The molecule has 0 saturated heterocycles. The van der Waals surface area contributed by atoms with E-state index in [1.54, 1.807) is 17.8 Å². The van der Waals surface area contributed by atoms with E-state index in [1.807, 2.05) is 24.3 Å². The van der Waals surface area contributed by atoms with Crippen molar-refractivity contribution in [2.24, 2.45) is 11.8 Å². The molecule has 1 aromatic carbocycles. The molecule has 2 aromatic rings. The van der Waals surface area contributed by atoms with E-state index in [1.165, 1.54) is 6.07 Å². The van der Waals surface area contributed by atoms with Crippen molar-refractivity contribution in [1.82, 2.24) is 0 Å². The van der Waals surface area contributed by atoms with Crippen molar-refractivity contribution in [3.63, 3.8) is 0 Å². The molecule has 4 atom stereocenters. The van der Waals surface area contributed by atoms with Gasteiger partial charge in [0, 0.05) is 27.9 Å². The zero-order chi connectivity index (χ0) is 21.5. The summed E-state index contributed by atoms with van der Waals surface area (Å²) < 4.78 is 16.0. The van der Waals surface area contributed by atoms with E-state index in [0.717, 1.165) is 4.90 Å². The zero-order valence-corrected chi connectivity index (χ0v) is 18.5. The Morgan fingerprint density at radius 3 is 2.80 bits per heavy atom. The highest BCUT2D eigenvalue weighted by Gasteiger charge is 2.41. The van der Waals surface area contributed by atoms with Crippen molar-refractivity contribution < 1.29 is 28.9 Å². The number of benzene rings is 1. The van der Waals surface area contributed by atoms with E-state index >= 15 is 0 Å². The number of ether oxygens (including phenoxy) is 2. The summed E-state index contributed by atoms with van der Waals surface area (Å²) in [4.78, 5) is 12.7. The summed E-state index contributed by atoms with van der Waals surface area (Å²) in [6.07, 6.45) is 0.0258. The van der Waals surface area contributed by atoms with Crippen LogP contribution in [0.15, 0.2) is 45.7 Å². The Labute approximate surface area is 189 Å². The number of carbonyl (C=O) groups is 1. The quantitative estimate of drug-likeness (QED) is 0.305. The number of esters is 1. The van der Waals surface area contributed by atoms with Crippen molar-refractivity contribution in [3.8, 4) is 0 Å². The number of rotatable bonds is 10. The number of carbonyl (C=O) groups excluding carboxylic acids is 1. The van der Waals surface area contributed by atoms with Crippen LogP contribution >= 0.6 is 35.0 Å². The Balaban J connectivity index is 1.51. The number of halogens is 2. The lowest BCUT2D eigenvalue weighted by atomic mass is 9.97. The maximum absolute atomic E-state index is 11.7. The fourth-order valence-electron chi connectivity index (χ4n) is 3.41. The van der Waals surface area contributed by atoms with Gasteiger partial charge in [0.25, 0.3) is 0 Å². The molecule has 2 N–H and O–H groups in total. The van der Waals surface area contributed by atoms with Gasteiger partial charge in [-0.15, -0.1) is 23.4 Å². The molecule has 2 unspecified atom stereocenters. The van der Waals surface area contributed by atoms with Gasteiger partial charge < -0.3 is 24.1 Å². The second-order valence-electron chi connectivity index (χ2n) is 7.03. The lowest BCUT2D eigenvalue weighted by molar-refractivity contribution is 0.0370. The van der Waals surface area contributed by atoms with Crippen LogP contribution in [0.25, 0.3) is 0 Å². The molecule has 9 heteroatoms. The van der Waals surface area contributed by atoms with Gasteiger partial charge in [0.15, 0.2) is 0 Å². The van der Waals surface area contributed by atoms with Crippen LogP contribution in [0.4, 0.5) is 0 Å². The van der Waals surface area contributed by atoms with Gasteiger partial charge in [-0.1, -0.05) is 23.7 Å². The van der Waals surface area contributed by atoms with Gasteiger partial charge in [0.05, 0.1) is 24.3 Å². The standard InChI is InChI=1S/C21H24Cl2O6S/c22-16-3-1-2-4-20(16)30-12-15-14(17(23)9-18(15)25)11-27-10-13-5-6-19(29-13)21(26)28-8-7-24/h1-6,14-15,17-18,24-25H,7-12H2/t14-,15-,17?,18?/m1/s1. The summed E-state index contributed by atoms with van der Waals surface area (Å²) >= 11 is 14.3. The van der Waals surface area contributed by atoms with Crippen LogP contribution < -0.4 is 0 Å². The fourth-order valence-corrected chi connectivity index (χ4v) is 5.38. The van der Waals surface area contributed by atoms with Crippen molar-refractivity contribution in [3.05, 3.63) is 52.9 Å². The highest BCUT2D eigenvalue weighted by atomic mass is 35.5. The predicted octanol–water partition coefficient (Wildman–Crippen LogP) is 4.00. The smallest absolute Gasteiger partial charge is 0.374 e. The van der Waals surface area contributed by atoms with E-state index in [-0.39, 0.29) is 42.8 Å². The van der Waals surface area contributed by atoms with Gasteiger partial charge >= 0.3 is 5.97 Å². The topological polar surface area (TPSA) is 89.1 Å². The fraction of sp³-hybridized carbons (Fsp3) is 0.476. The Kier molecular flexibility index (Phi) is 8.92. The van der Waals surface area contributed by atoms with Gasteiger partial charge in [-0.3, -0.25) is 0 Å². The number of furan rings is 1. The van der Waals surface area contributed by atoms with Gasteiger partial charge in [-0.25, -0.2) is 4.79 Å². The summed E-state index contributed by atoms with van der Waals surface area (Å²) in [5, 5.41) is 19.7. The van der Waals surface area contributed by atoms with Crippen molar-refractivity contribution in [2.75, 3.05) is 25.6 Å². The number of thioether (sulfide) groups is 1. The maximum Gasteiger partial charge on any atom is 0.374 e. The molecule has 0 radical (unpaired) electrons. The number of hydrogen-bond acceptors (Lipinski definition) is 7. The first kappa shape index (κ1) is 23.4. The molecule has 3 rings (SSSR count). The maximum atomic E-state index is 11.7. The van der Waals surface area contributed by atoms with Gasteiger partial charge in [-0.2, -0.15) is 0 Å². The molecule has 0 spiro atoms.